The molecule has 0 N–H and O–H groups in total. The van der Waals surface area contributed by atoms with Gasteiger partial charge in [-0.2, -0.15) is 0 Å². The SMILES string of the molecule is COc1ccc(CCN(Cc2sccc2C)C(=O)CN(CCN2CCCC2)C(=O)c2ccc(F)cc2)cc1OC. The maximum atomic E-state index is 13.8. The maximum Gasteiger partial charge on any atom is 0.254 e. The van der Waals surface area contributed by atoms with Crippen molar-refractivity contribution in [3.05, 3.63) is 81.3 Å². The van der Waals surface area contributed by atoms with E-state index in [1.54, 1.807) is 30.5 Å². The lowest BCUT2D eigenvalue weighted by Crippen LogP contribution is -2.45. The van der Waals surface area contributed by atoms with Crippen LogP contribution in [0, 0.1) is 12.7 Å². The van der Waals surface area contributed by atoms with Gasteiger partial charge in [0.1, 0.15) is 12.4 Å². The summed E-state index contributed by atoms with van der Waals surface area (Å²) in [6, 6.07) is 13.3. The molecule has 0 atom stereocenters. The quantitative estimate of drug-likeness (QED) is 0.290. The number of likely N-dealkylation sites (tertiary alicyclic amines) is 1. The second-order valence-corrected chi connectivity index (χ2v) is 11.1. The number of carbonyl (C=O) groups is 2. The molecular formula is C31H38FN3O4S. The normalized spacial score (nSPS) is 13.3. The Hall–Kier alpha value is -3.43. The number of thiophene rings is 1. The van der Waals surface area contributed by atoms with Gasteiger partial charge < -0.3 is 24.2 Å². The van der Waals surface area contributed by atoms with Crippen LogP contribution in [0.2, 0.25) is 0 Å². The van der Waals surface area contributed by atoms with Crippen LogP contribution < -0.4 is 9.47 Å². The van der Waals surface area contributed by atoms with E-state index in [2.05, 4.69) is 11.0 Å². The van der Waals surface area contributed by atoms with Gasteiger partial charge in [-0.1, -0.05) is 6.07 Å². The highest BCUT2D eigenvalue weighted by Crippen LogP contribution is 2.28. The molecule has 1 aromatic heterocycles. The summed E-state index contributed by atoms with van der Waals surface area (Å²) in [5.74, 6) is 0.514. The fourth-order valence-corrected chi connectivity index (χ4v) is 5.81. The van der Waals surface area contributed by atoms with E-state index in [1.165, 1.54) is 24.3 Å². The van der Waals surface area contributed by atoms with Gasteiger partial charge in [-0.05, 0) is 98.2 Å². The van der Waals surface area contributed by atoms with Gasteiger partial charge in [0.25, 0.3) is 5.91 Å². The summed E-state index contributed by atoms with van der Waals surface area (Å²) >= 11 is 1.63. The number of hydrogen-bond acceptors (Lipinski definition) is 6. The molecule has 40 heavy (non-hydrogen) atoms. The molecule has 214 valence electrons. The molecule has 0 unspecified atom stereocenters. The zero-order chi connectivity index (χ0) is 28.5. The third kappa shape index (κ3) is 7.82. The molecule has 7 nitrogen and oxygen atoms in total. The molecule has 0 saturated carbocycles. The first-order valence-corrected chi connectivity index (χ1v) is 14.5. The fraction of sp³-hybridized carbons (Fsp3) is 0.419. The number of benzene rings is 2. The van der Waals surface area contributed by atoms with E-state index in [1.807, 2.05) is 35.4 Å². The summed E-state index contributed by atoms with van der Waals surface area (Å²) in [6.45, 7) is 6.10. The predicted octanol–water partition coefficient (Wildman–Crippen LogP) is 5.02. The van der Waals surface area contributed by atoms with Crippen molar-refractivity contribution in [2.45, 2.75) is 32.7 Å². The van der Waals surface area contributed by atoms with Gasteiger partial charge in [0, 0.05) is 30.1 Å². The Morgan fingerprint density at radius 2 is 1.68 bits per heavy atom. The number of methoxy groups -OCH3 is 2. The minimum atomic E-state index is -0.399. The average molecular weight is 568 g/mol. The van der Waals surface area contributed by atoms with Crippen LogP contribution in [0.25, 0.3) is 0 Å². The van der Waals surface area contributed by atoms with Gasteiger partial charge in [-0.15, -0.1) is 11.3 Å². The Balaban J connectivity index is 1.52. The zero-order valence-electron chi connectivity index (χ0n) is 23.5. The van der Waals surface area contributed by atoms with Crippen LogP contribution in [0.1, 0.15) is 39.2 Å². The molecule has 4 rings (SSSR count). The standard InChI is InChI=1S/C31H38FN3O4S/c1-23-13-19-40-29(23)21-34(16-12-24-6-11-27(38-2)28(20-24)39-3)30(36)22-35(18-17-33-14-4-5-15-33)31(37)25-7-9-26(32)10-8-25/h6-11,13,19-20H,4-5,12,14-18,21-22H2,1-3H3. The van der Waals surface area contributed by atoms with E-state index >= 15 is 0 Å². The first kappa shape index (κ1) is 29.6. The number of hydrogen-bond donors (Lipinski definition) is 0. The highest BCUT2D eigenvalue weighted by atomic mass is 32.1. The first-order valence-electron chi connectivity index (χ1n) is 13.7. The van der Waals surface area contributed by atoms with E-state index in [9.17, 15) is 14.0 Å². The molecule has 0 aliphatic carbocycles. The zero-order valence-corrected chi connectivity index (χ0v) is 24.3. The Kier molecular flexibility index (Phi) is 10.5. The number of amides is 2. The topological polar surface area (TPSA) is 62.3 Å². The minimum Gasteiger partial charge on any atom is -0.493 e. The monoisotopic (exact) mass is 567 g/mol. The number of halogens is 1. The first-order chi connectivity index (χ1) is 19.4. The van der Waals surface area contributed by atoms with Gasteiger partial charge in [-0.3, -0.25) is 9.59 Å². The van der Waals surface area contributed by atoms with E-state index in [0.29, 0.717) is 49.7 Å². The van der Waals surface area contributed by atoms with Gasteiger partial charge >= 0.3 is 0 Å². The van der Waals surface area contributed by atoms with Crippen LogP contribution in [0.3, 0.4) is 0 Å². The van der Waals surface area contributed by atoms with Gasteiger partial charge in [0.2, 0.25) is 5.91 Å². The third-order valence-corrected chi connectivity index (χ3v) is 8.37. The van der Waals surface area contributed by atoms with Crippen LogP contribution >= 0.6 is 11.3 Å². The van der Waals surface area contributed by atoms with Gasteiger partial charge in [-0.25, -0.2) is 4.39 Å². The Bertz CT molecular complexity index is 1270. The molecular weight excluding hydrogens is 529 g/mol. The van der Waals surface area contributed by atoms with Crippen molar-refractivity contribution in [1.29, 1.82) is 0 Å². The summed E-state index contributed by atoms with van der Waals surface area (Å²) in [5, 5.41) is 2.03. The smallest absolute Gasteiger partial charge is 0.254 e. The van der Waals surface area contributed by atoms with Crippen LogP contribution in [0.5, 0.6) is 11.5 Å². The number of nitrogens with zero attached hydrogens (tertiary/aromatic N) is 3. The molecule has 0 spiro atoms. The number of aryl methyl sites for hydroxylation is 1. The lowest BCUT2D eigenvalue weighted by molar-refractivity contribution is -0.132. The molecule has 2 aromatic carbocycles. The van der Waals surface area contributed by atoms with E-state index in [0.717, 1.165) is 41.9 Å². The van der Waals surface area contributed by atoms with E-state index in [4.69, 9.17) is 9.47 Å². The molecule has 2 heterocycles. The van der Waals surface area contributed by atoms with Gasteiger partial charge in [0.05, 0.1) is 20.8 Å². The highest BCUT2D eigenvalue weighted by Gasteiger charge is 2.24. The molecule has 0 bridgehead atoms. The van der Waals surface area contributed by atoms with Gasteiger partial charge in [0.15, 0.2) is 11.5 Å². The lowest BCUT2D eigenvalue weighted by atomic mass is 10.1. The molecule has 1 fully saturated rings. The molecule has 9 heteroatoms. The van der Waals surface area contributed by atoms with Crippen molar-refractivity contribution >= 4 is 23.2 Å². The molecule has 1 saturated heterocycles. The summed E-state index contributed by atoms with van der Waals surface area (Å²) in [6.07, 6.45) is 2.92. The summed E-state index contributed by atoms with van der Waals surface area (Å²) < 4.78 is 24.4. The Morgan fingerprint density at radius 3 is 2.33 bits per heavy atom. The predicted molar refractivity (Wildman–Crippen MR) is 156 cm³/mol. The van der Waals surface area contributed by atoms with Crippen LogP contribution in [-0.2, 0) is 17.8 Å². The molecule has 3 aromatic rings. The van der Waals surface area contributed by atoms with Crippen molar-refractivity contribution in [3.63, 3.8) is 0 Å². The Labute approximate surface area is 240 Å². The van der Waals surface area contributed by atoms with E-state index in [-0.39, 0.29) is 18.4 Å². The van der Waals surface area contributed by atoms with Crippen molar-refractivity contribution < 1.29 is 23.5 Å². The Morgan fingerprint density at radius 1 is 0.950 bits per heavy atom. The van der Waals surface area contributed by atoms with Crippen molar-refractivity contribution in [2.75, 3.05) is 53.5 Å². The van der Waals surface area contributed by atoms with Crippen molar-refractivity contribution in [1.82, 2.24) is 14.7 Å². The number of carbonyl (C=O) groups excluding carboxylic acids is 2. The van der Waals surface area contributed by atoms with Crippen LogP contribution in [0.4, 0.5) is 4.39 Å². The third-order valence-electron chi connectivity index (χ3n) is 7.36. The minimum absolute atomic E-state index is 0.0413. The summed E-state index contributed by atoms with van der Waals surface area (Å²) in [5.41, 5.74) is 2.54. The number of ether oxygens (including phenoxy) is 2. The van der Waals surface area contributed by atoms with Crippen molar-refractivity contribution in [3.8, 4) is 11.5 Å². The molecule has 1 aliphatic heterocycles. The van der Waals surface area contributed by atoms with Crippen molar-refractivity contribution in [2.24, 2.45) is 0 Å². The summed E-state index contributed by atoms with van der Waals surface area (Å²) in [4.78, 5) is 34.2. The summed E-state index contributed by atoms with van der Waals surface area (Å²) in [7, 11) is 3.20. The van der Waals surface area contributed by atoms with Crippen LogP contribution in [0.15, 0.2) is 53.9 Å². The number of rotatable bonds is 13. The second-order valence-electron chi connectivity index (χ2n) is 10.1. The average Bonchev–Trinajstić information content (AvgIpc) is 3.64. The molecule has 2 amide bonds. The molecule has 0 radical (unpaired) electrons. The second kappa shape index (κ2) is 14.3. The maximum absolute atomic E-state index is 13.8. The van der Waals surface area contributed by atoms with E-state index < -0.39 is 5.82 Å². The molecule has 1 aliphatic rings. The largest absolute Gasteiger partial charge is 0.493 e. The fourth-order valence-electron chi connectivity index (χ4n) is 4.89. The lowest BCUT2D eigenvalue weighted by Gasteiger charge is -2.29. The van der Waals surface area contributed by atoms with Crippen LogP contribution in [-0.4, -0.2) is 80.0 Å². The highest BCUT2D eigenvalue weighted by molar-refractivity contribution is 7.10.